The number of aromatic nitrogens is 1. The molecule has 0 bridgehead atoms. The number of hydrogen-bond donors (Lipinski definition) is 1. The van der Waals surface area contributed by atoms with E-state index in [2.05, 4.69) is 37.0 Å². The summed E-state index contributed by atoms with van der Waals surface area (Å²) in [4.78, 5) is 4.22. The van der Waals surface area contributed by atoms with Crippen LogP contribution in [0.5, 0.6) is 5.75 Å². The van der Waals surface area contributed by atoms with Crippen LogP contribution in [0, 0.1) is 6.92 Å². The molecule has 0 radical (unpaired) electrons. The highest BCUT2D eigenvalue weighted by molar-refractivity contribution is 5.67. The van der Waals surface area contributed by atoms with Crippen molar-refractivity contribution in [2.24, 2.45) is 0 Å². The summed E-state index contributed by atoms with van der Waals surface area (Å²) in [5, 5.41) is 0. The quantitative estimate of drug-likeness (QED) is 0.849. The normalized spacial score (nSPS) is 15.9. The minimum Gasteiger partial charge on any atom is -0.487 e. The third kappa shape index (κ3) is 2.16. The van der Waals surface area contributed by atoms with E-state index in [4.69, 9.17) is 10.5 Å². The molecule has 19 heavy (non-hydrogen) atoms. The zero-order chi connectivity index (χ0) is 13.6. The first-order chi connectivity index (χ1) is 8.94. The number of anilines is 1. The number of nitrogens with zero attached hydrogens (tertiary/aromatic N) is 1. The van der Waals surface area contributed by atoms with E-state index in [-0.39, 0.29) is 5.60 Å². The SMILES string of the molecule is Cc1cc(-c2ccc3c(c2)CC(C)(C)O3)cnc1N. The van der Waals surface area contributed by atoms with E-state index < -0.39 is 0 Å². The fourth-order valence-corrected chi connectivity index (χ4v) is 2.53. The highest BCUT2D eigenvalue weighted by Gasteiger charge is 2.29. The van der Waals surface area contributed by atoms with Crippen LogP contribution >= 0.6 is 0 Å². The van der Waals surface area contributed by atoms with E-state index in [1.54, 1.807) is 0 Å². The van der Waals surface area contributed by atoms with Crippen molar-refractivity contribution in [1.29, 1.82) is 0 Å². The first-order valence-corrected chi connectivity index (χ1v) is 6.49. The number of benzene rings is 1. The van der Waals surface area contributed by atoms with Crippen molar-refractivity contribution in [2.75, 3.05) is 5.73 Å². The van der Waals surface area contributed by atoms with Gasteiger partial charge in [0.1, 0.15) is 17.2 Å². The Kier molecular flexibility index (Phi) is 2.52. The number of fused-ring (bicyclic) bond motifs is 1. The number of pyridine rings is 1. The largest absolute Gasteiger partial charge is 0.487 e. The van der Waals surface area contributed by atoms with Crippen molar-refractivity contribution in [3.05, 3.63) is 41.6 Å². The van der Waals surface area contributed by atoms with Crippen molar-refractivity contribution < 1.29 is 4.74 Å². The second-order valence-corrected chi connectivity index (χ2v) is 5.79. The van der Waals surface area contributed by atoms with Gasteiger partial charge in [-0.25, -0.2) is 4.98 Å². The van der Waals surface area contributed by atoms with Gasteiger partial charge in [0, 0.05) is 18.2 Å². The summed E-state index contributed by atoms with van der Waals surface area (Å²) >= 11 is 0. The predicted octanol–water partition coefficient (Wildman–Crippen LogP) is 3.35. The van der Waals surface area contributed by atoms with Crippen LogP contribution in [0.2, 0.25) is 0 Å². The lowest BCUT2D eigenvalue weighted by Gasteiger charge is -2.16. The molecule has 98 valence electrons. The number of rotatable bonds is 1. The van der Waals surface area contributed by atoms with Crippen molar-refractivity contribution in [3.8, 4) is 16.9 Å². The predicted molar refractivity (Wildman–Crippen MR) is 77.2 cm³/mol. The van der Waals surface area contributed by atoms with E-state index in [0.717, 1.165) is 28.9 Å². The maximum absolute atomic E-state index is 5.89. The Hall–Kier alpha value is -2.03. The molecule has 1 aromatic carbocycles. The van der Waals surface area contributed by atoms with Crippen molar-refractivity contribution in [1.82, 2.24) is 4.98 Å². The van der Waals surface area contributed by atoms with Crippen molar-refractivity contribution in [2.45, 2.75) is 32.8 Å². The summed E-state index contributed by atoms with van der Waals surface area (Å²) in [5.74, 6) is 1.59. The molecular weight excluding hydrogens is 236 g/mol. The second-order valence-electron chi connectivity index (χ2n) is 5.79. The van der Waals surface area contributed by atoms with E-state index in [1.807, 2.05) is 19.2 Å². The zero-order valence-corrected chi connectivity index (χ0v) is 11.5. The monoisotopic (exact) mass is 254 g/mol. The van der Waals surface area contributed by atoms with Gasteiger partial charge in [-0.15, -0.1) is 0 Å². The van der Waals surface area contributed by atoms with Gasteiger partial charge < -0.3 is 10.5 Å². The maximum atomic E-state index is 5.89. The fraction of sp³-hybridized carbons (Fsp3) is 0.312. The van der Waals surface area contributed by atoms with Crippen LogP contribution in [0.3, 0.4) is 0 Å². The second kappa shape index (κ2) is 3.98. The molecule has 0 spiro atoms. The molecule has 1 aromatic heterocycles. The van der Waals surface area contributed by atoms with E-state index in [9.17, 15) is 0 Å². The minimum absolute atomic E-state index is 0.101. The van der Waals surface area contributed by atoms with Gasteiger partial charge in [0.2, 0.25) is 0 Å². The average molecular weight is 254 g/mol. The van der Waals surface area contributed by atoms with Crippen LogP contribution in [0.25, 0.3) is 11.1 Å². The first kappa shape index (κ1) is 12.0. The Morgan fingerprint density at radius 2 is 2.00 bits per heavy atom. The molecule has 3 nitrogen and oxygen atoms in total. The fourth-order valence-electron chi connectivity index (χ4n) is 2.53. The number of hydrogen-bond acceptors (Lipinski definition) is 3. The number of aryl methyl sites for hydroxylation is 1. The summed E-state index contributed by atoms with van der Waals surface area (Å²) in [6.45, 7) is 6.20. The van der Waals surface area contributed by atoms with Gasteiger partial charge in [-0.3, -0.25) is 0 Å². The molecule has 1 aliphatic heterocycles. The lowest BCUT2D eigenvalue weighted by molar-refractivity contribution is 0.138. The van der Waals surface area contributed by atoms with Crippen LogP contribution in [0.1, 0.15) is 25.0 Å². The highest BCUT2D eigenvalue weighted by atomic mass is 16.5. The lowest BCUT2D eigenvalue weighted by atomic mass is 9.98. The highest BCUT2D eigenvalue weighted by Crippen LogP contribution is 2.37. The summed E-state index contributed by atoms with van der Waals surface area (Å²) in [7, 11) is 0. The lowest BCUT2D eigenvalue weighted by Crippen LogP contribution is -2.24. The number of ether oxygens (including phenoxy) is 1. The molecule has 2 heterocycles. The molecule has 0 unspecified atom stereocenters. The molecule has 0 fully saturated rings. The summed E-state index contributed by atoms with van der Waals surface area (Å²) in [6.07, 6.45) is 2.77. The third-order valence-corrected chi connectivity index (χ3v) is 3.51. The molecule has 0 aliphatic carbocycles. The number of nitrogen functional groups attached to an aromatic ring is 1. The Morgan fingerprint density at radius 1 is 1.21 bits per heavy atom. The summed E-state index contributed by atoms with van der Waals surface area (Å²) in [6, 6.07) is 8.39. The van der Waals surface area contributed by atoms with Crippen LogP contribution in [-0.4, -0.2) is 10.6 Å². The minimum atomic E-state index is -0.101. The van der Waals surface area contributed by atoms with Gasteiger partial charge in [0.25, 0.3) is 0 Å². The smallest absolute Gasteiger partial charge is 0.126 e. The molecular formula is C16H18N2O. The van der Waals surface area contributed by atoms with Crippen LogP contribution < -0.4 is 10.5 Å². The topological polar surface area (TPSA) is 48.1 Å². The van der Waals surface area contributed by atoms with Gasteiger partial charge in [-0.1, -0.05) is 6.07 Å². The van der Waals surface area contributed by atoms with Gasteiger partial charge in [-0.2, -0.15) is 0 Å². The number of nitrogens with two attached hydrogens (primary N) is 1. The Morgan fingerprint density at radius 3 is 2.74 bits per heavy atom. The Balaban J connectivity index is 2.02. The van der Waals surface area contributed by atoms with Gasteiger partial charge in [-0.05, 0) is 55.7 Å². The van der Waals surface area contributed by atoms with Crippen LogP contribution in [0.4, 0.5) is 5.82 Å². The molecule has 3 heteroatoms. The third-order valence-electron chi connectivity index (χ3n) is 3.51. The van der Waals surface area contributed by atoms with Crippen molar-refractivity contribution in [3.63, 3.8) is 0 Å². The molecule has 0 atom stereocenters. The summed E-state index contributed by atoms with van der Waals surface area (Å²) < 4.78 is 5.89. The first-order valence-electron chi connectivity index (χ1n) is 6.49. The molecule has 0 amide bonds. The Labute approximate surface area is 113 Å². The van der Waals surface area contributed by atoms with E-state index in [1.165, 1.54) is 5.56 Å². The molecule has 0 saturated heterocycles. The molecule has 1 aliphatic rings. The van der Waals surface area contributed by atoms with Gasteiger partial charge >= 0.3 is 0 Å². The van der Waals surface area contributed by atoms with E-state index >= 15 is 0 Å². The van der Waals surface area contributed by atoms with Gasteiger partial charge in [0.15, 0.2) is 0 Å². The maximum Gasteiger partial charge on any atom is 0.126 e. The average Bonchev–Trinajstić information content (AvgIpc) is 2.65. The molecule has 0 saturated carbocycles. The summed E-state index contributed by atoms with van der Waals surface area (Å²) in [5.41, 5.74) is 10.2. The van der Waals surface area contributed by atoms with Gasteiger partial charge in [0.05, 0.1) is 0 Å². The van der Waals surface area contributed by atoms with E-state index in [0.29, 0.717) is 5.82 Å². The van der Waals surface area contributed by atoms with Crippen molar-refractivity contribution >= 4 is 5.82 Å². The molecule has 3 rings (SSSR count). The zero-order valence-electron chi connectivity index (χ0n) is 11.5. The standard InChI is InChI=1S/C16H18N2O/c1-10-6-13(9-18-15(10)17)11-4-5-14-12(7-11)8-16(2,3)19-14/h4-7,9H,8H2,1-3H3,(H2,17,18). The van der Waals surface area contributed by atoms with Crippen LogP contribution in [-0.2, 0) is 6.42 Å². The molecule has 2 aromatic rings. The van der Waals surface area contributed by atoms with Crippen LogP contribution in [0.15, 0.2) is 30.5 Å². The molecule has 2 N–H and O–H groups in total. The Bertz CT molecular complexity index is 647.